The normalized spacial score (nSPS) is 41.3. The van der Waals surface area contributed by atoms with E-state index in [4.69, 9.17) is 15.2 Å². The lowest BCUT2D eigenvalue weighted by Crippen LogP contribution is -2.61. The van der Waals surface area contributed by atoms with Crippen LogP contribution in [0.15, 0.2) is 18.2 Å². The van der Waals surface area contributed by atoms with Gasteiger partial charge in [-0.05, 0) is 48.4 Å². The number of hydrogen-bond acceptors (Lipinski definition) is 7. The minimum absolute atomic E-state index is 0.0467. The molecule has 8 heteroatoms. The van der Waals surface area contributed by atoms with Crippen molar-refractivity contribution < 1.29 is 34.7 Å². The number of carbonyl (C=O) groups is 1. The summed E-state index contributed by atoms with van der Waals surface area (Å²) in [4.78, 5) is 11.3. The molecule has 2 bridgehead atoms. The van der Waals surface area contributed by atoms with E-state index in [2.05, 4.69) is 6.92 Å². The van der Waals surface area contributed by atoms with Gasteiger partial charge in [0.25, 0.3) is 0 Å². The molecule has 0 spiro atoms. The fourth-order valence-electron chi connectivity index (χ4n) is 5.39. The summed E-state index contributed by atoms with van der Waals surface area (Å²) >= 11 is 0. The van der Waals surface area contributed by atoms with E-state index in [1.165, 1.54) is 18.4 Å². The van der Waals surface area contributed by atoms with Gasteiger partial charge in [0, 0.05) is 11.5 Å². The number of carboxylic acids is 1. The highest BCUT2D eigenvalue weighted by Crippen LogP contribution is 2.46. The molecule has 1 heterocycles. The third-order valence-electron chi connectivity index (χ3n) is 7.26. The average Bonchev–Trinajstić information content (AvgIpc) is 2.71. The molecule has 0 amide bonds. The third kappa shape index (κ3) is 3.61. The Hall–Kier alpha value is -1.71. The maximum Gasteiger partial charge on any atom is 0.335 e. The molecule has 1 aromatic carbocycles. The zero-order valence-electron chi connectivity index (χ0n) is 17.1. The lowest BCUT2D eigenvalue weighted by atomic mass is 9.60. The van der Waals surface area contributed by atoms with Gasteiger partial charge >= 0.3 is 5.97 Å². The summed E-state index contributed by atoms with van der Waals surface area (Å²) in [5.74, 6) is -0.586. The van der Waals surface area contributed by atoms with Crippen molar-refractivity contribution in [3.63, 3.8) is 0 Å². The van der Waals surface area contributed by atoms with Crippen LogP contribution in [-0.4, -0.2) is 63.1 Å². The van der Waals surface area contributed by atoms with Crippen LogP contribution < -0.4 is 10.5 Å². The van der Waals surface area contributed by atoms with E-state index >= 15 is 0 Å². The number of rotatable bonds is 3. The van der Waals surface area contributed by atoms with Gasteiger partial charge in [0.1, 0.15) is 24.1 Å². The molecule has 166 valence electrons. The maximum atomic E-state index is 11.3. The van der Waals surface area contributed by atoms with E-state index in [1.54, 1.807) is 6.07 Å². The second kappa shape index (κ2) is 8.09. The van der Waals surface area contributed by atoms with Crippen LogP contribution in [0, 0.1) is 5.92 Å². The minimum atomic E-state index is -1.75. The van der Waals surface area contributed by atoms with Gasteiger partial charge in [0.2, 0.25) is 6.29 Å². The van der Waals surface area contributed by atoms with E-state index in [0.29, 0.717) is 11.7 Å². The van der Waals surface area contributed by atoms with Gasteiger partial charge in [-0.2, -0.15) is 0 Å². The first-order valence-corrected chi connectivity index (χ1v) is 10.7. The van der Waals surface area contributed by atoms with Crippen molar-refractivity contribution in [1.29, 1.82) is 0 Å². The van der Waals surface area contributed by atoms with E-state index in [1.807, 2.05) is 12.1 Å². The quantitative estimate of drug-likeness (QED) is 0.480. The van der Waals surface area contributed by atoms with Crippen molar-refractivity contribution in [1.82, 2.24) is 0 Å². The van der Waals surface area contributed by atoms with Crippen LogP contribution in [0.1, 0.15) is 50.2 Å². The number of nitrogens with two attached hydrogens (primary N) is 1. The van der Waals surface area contributed by atoms with Crippen LogP contribution >= 0.6 is 0 Å². The SMILES string of the molecule is CC12CCCCC[C@H](Cc3ccc(O[C@@H]4O[C@@H](C(=O)O)[C@@H](O)[C@H](O)[C@H]4O)cc31)[C@@H]2N. The second-order valence-corrected chi connectivity index (χ2v) is 9.18. The number of aliphatic hydroxyl groups excluding tert-OH is 3. The molecule has 4 rings (SSSR count). The van der Waals surface area contributed by atoms with Gasteiger partial charge in [0.15, 0.2) is 6.10 Å². The largest absolute Gasteiger partial charge is 0.479 e. The molecule has 1 aromatic rings. The molecule has 0 aromatic heterocycles. The van der Waals surface area contributed by atoms with Crippen molar-refractivity contribution >= 4 is 5.97 Å². The number of benzene rings is 1. The summed E-state index contributed by atoms with van der Waals surface area (Å²) in [6.07, 6.45) is -1.59. The highest BCUT2D eigenvalue weighted by molar-refractivity contribution is 5.73. The average molecular weight is 421 g/mol. The molecule has 2 fully saturated rings. The molecule has 2 aliphatic carbocycles. The van der Waals surface area contributed by atoms with Gasteiger partial charge in [0.05, 0.1) is 0 Å². The molecule has 1 saturated carbocycles. The molecule has 8 atom stereocenters. The van der Waals surface area contributed by atoms with Crippen molar-refractivity contribution in [2.24, 2.45) is 11.7 Å². The van der Waals surface area contributed by atoms with Gasteiger partial charge in [-0.1, -0.05) is 32.3 Å². The van der Waals surface area contributed by atoms with E-state index in [9.17, 15) is 25.2 Å². The van der Waals surface area contributed by atoms with Crippen LogP contribution in [0.25, 0.3) is 0 Å². The molecule has 1 aliphatic heterocycles. The standard InChI is InChI=1S/C22H31NO7/c1-22-8-4-2-3-5-12(19(22)23)9-11-6-7-13(10-14(11)22)29-21-17(26)15(24)16(25)18(30-21)20(27)28/h6-7,10,12,15-19,21,24-26H,2-5,8-9,23H2,1H3,(H,27,28)/t12-,15+,16+,17-,18-,19+,21-,22?/m1/s1. The second-order valence-electron chi connectivity index (χ2n) is 9.18. The van der Waals surface area contributed by atoms with E-state index in [0.717, 1.165) is 31.2 Å². The topological polar surface area (TPSA) is 142 Å². The molecule has 0 radical (unpaired) electrons. The predicted octanol–water partition coefficient (Wildman–Crippen LogP) is 0.679. The predicted molar refractivity (Wildman–Crippen MR) is 107 cm³/mol. The molecule has 30 heavy (non-hydrogen) atoms. The number of hydrogen-bond donors (Lipinski definition) is 5. The maximum absolute atomic E-state index is 11.3. The fourth-order valence-corrected chi connectivity index (χ4v) is 5.39. The van der Waals surface area contributed by atoms with E-state index < -0.39 is 36.7 Å². The van der Waals surface area contributed by atoms with Crippen molar-refractivity contribution in [3.05, 3.63) is 29.3 Å². The summed E-state index contributed by atoms with van der Waals surface area (Å²) in [5, 5.41) is 39.3. The number of aliphatic carboxylic acids is 1. The Labute approximate surface area is 175 Å². The summed E-state index contributed by atoms with van der Waals surface area (Å²) in [5.41, 5.74) is 8.88. The number of aliphatic hydroxyl groups is 3. The minimum Gasteiger partial charge on any atom is -0.479 e. The van der Waals surface area contributed by atoms with Crippen LogP contribution in [0.4, 0.5) is 0 Å². The van der Waals surface area contributed by atoms with Gasteiger partial charge < -0.3 is 35.6 Å². The first-order valence-electron chi connectivity index (χ1n) is 10.7. The molecule has 6 N–H and O–H groups in total. The van der Waals surface area contributed by atoms with Crippen LogP contribution in [0.3, 0.4) is 0 Å². The number of ether oxygens (including phenoxy) is 2. The summed E-state index contributed by atoms with van der Waals surface area (Å²) in [6.45, 7) is 2.20. The first kappa shape index (κ1) is 21.5. The highest BCUT2D eigenvalue weighted by Gasteiger charge is 2.48. The summed E-state index contributed by atoms with van der Waals surface area (Å²) in [6, 6.07) is 5.71. The third-order valence-corrected chi connectivity index (χ3v) is 7.26. The number of carboxylic acid groups (broad SMARTS) is 1. The smallest absolute Gasteiger partial charge is 0.335 e. The van der Waals surface area contributed by atoms with Crippen LogP contribution in [-0.2, 0) is 21.4 Å². The fraction of sp³-hybridized carbons (Fsp3) is 0.682. The number of fused-ring (bicyclic) bond motifs is 4. The van der Waals surface area contributed by atoms with Gasteiger partial charge in [-0.25, -0.2) is 4.79 Å². The molecule has 8 nitrogen and oxygen atoms in total. The molecule has 3 aliphatic rings. The van der Waals surface area contributed by atoms with Crippen molar-refractivity contribution in [2.45, 2.75) is 87.6 Å². The lowest BCUT2D eigenvalue weighted by Gasteiger charge is -2.47. The van der Waals surface area contributed by atoms with Gasteiger partial charge in [-0.3, -0.25) is 0 Å². The Kier molecular flexibility index (Phi) is 5.80. The van der Waals surface area contributed by atoms with Crippen molar-refractivity contribution in [3.8, 4) is 5.75 Å². The highest BCUT2D eigenvalue weighted by atomic mass is 16.7. The Bertz CT molecular complexity index is 802. The Morgan fingerprint density at radius 2 is 1.93 bits per heavy atom. The zero-order valence-corrected chi connectivity index (χ0v) is 17.1. The zero-order chi connectivity index (χ0) is 21.6. The summed E-state index contributed by atoms with van der Waals surface area (Å²) in [7, 11) is 0. The Morgan fingerprint density at radius 1 is 1.17 bits per heavy atom. The Morgan fingerprint density at radius 3 is 2.67 bits per heavy atom. The van der Waals surface area contributed by atoms with Gasteiger partial charge in [-0.15, -0.1) is 0 Å². The molecule has 1 saturated heterocycles. The molecular weight excluding hydrogens is 390 g/mol. The van der Waals surface area contributed by atoms with Crippen molar-refractivity contribution in [2.75, 3.05) is 0 Å². The van der Waals surface area contributed by atoms with Crippen LogP contribution in [0.2, 0.25) is 0 Å². The Balaban J connectivity index is 1.61. The molecule has 1 unspecified atom stereocenters. The monoisotopic (exact) mass is 421 g/mol. The summed E-state index contributed by atoms with van der Waals surface area (Å²) < 4.78 is 11.0. The lowest BCUT2D eigenvalue weighted by molar-refractivity contribution is -0.271. The first-order chi connectivity index (χ1) is 14.2. The van der Waals surface area contributed by atoms with E-state index in [-0.39, 0.29) is 11.5 Å². The van der Waals surface area contributed by atoms with Crippen LogP contribution in [0.5, 0.6) is 5.75 Å². The molecular formula is C22H31NO7.